The van der Waals surface area contributed by atoms with Crippen molar-refractivity contribution >= 4 is 17.2 Å². The summed E-state index contributed by atoms with van der Waals surface area (Å²) < 4.78 is 10.4. The zero-order valence-corrected chi connectivity index (χ0v) is 12.2. The van der Waals surface area contributed by atoms with E-state index in [0.717, 1.165) is 12.0 Å². The summed E-state index contributed by atoms with van der Waals surface area (Å²) in [6.45, 7) is 0.550. The van der Waals surface area contributed by atoms with Gasteiger partial charge in [-0.3, -0.25) is 4.79 Å². The normalized spacial score (nSPS) is 10.1. The van der Waals surface area contributed by atoms with Gasteiger partial charge in [0.15, 0.2) is 16.5 Å². The molecule has 106 valence electrons. The average Bonchev–Trinajstić information content (AvgIpc) is 3.01. The Morgan fingerprint density at radius 1 is 1.30 bits per heavy atom. The van der Waals surface area contributed by atoms with E-state index in [4.69, 9.17) is 9.47 Å². The molecule has 0 aliphatic heterocycles. The van der Waals surface area contributed by atoms with Crippen molar-refractivity contribution in [3.63, 3.8) is 0 Å². The van der Waals surface area contributed by atoms with E-state index in [-0.39, 0.29) is 5.91 Å². The van der Waals surface area contributed by atoms with Gasteiger partial charge in [-0.1, -0.05) is 6.07 Å². The fraction of sp³-hybridized carbons (Fsp3) is 0.286. The molecule has 6 heteroatoms. The molecule has 1 heterocycles. The van der Waals surface area contributed by atoms with E-state index in [1.165, 1.54) is 11.3 Å². The van der Waals surface area contributed by atoms with Crippen LogP contribution in [0.4, 0.5) is 0 Å². The van der Waals surface area contributed by atoms with E-state index in [0.29, 0.717) is 23.1 Å². The van der Waals surface area contributed by atoms with Crippen molar-refractivity contribution in [2.24, 2.45) is 0 Å². The van der Waals surface area contributed by atoms with Crippen LogP contribution in [0.25, 0.3) is 0 Å². The molecule has 2 rings (SSSR count). The maximum Gasteiger partial charge on any atom is 0.280 e. The first-order valence-corrected chi connectivity index (χ1v) is 7.01. The largest absolute Gasteiger partial charge is 0.493 e. The molecule has 0 bridgehead atoms. The Balaban J connectivity index is 1.89. The maximum absolute atomic E-state index is 11.7. The highest BCUT2D eigenvalue weighted by Gasteiger charge is 2.08. The van der Waals surface area contributed by atoms with E-state index >= 15 is 0 Å². The third-order valence-electron chi connectivity index (χ3n) is 2.77. The molecule has 0 atom stereocenters. The second kappa shape index (κ2) is 6.91. The SMILES string of the molecule is COc1ccc(CCNC(=O)c2nccs2)cc1OC. The lowest BCUT2D eigenvalue weighted by Gasteiger charge is -2.09. The lowest BCUT2D eigenvalue weighted by atomic mass is 10.1. The Labute approximate surface area is 121 Å². The maximum atomic E-state index is 11.7. The van der Waals surface area contributed by atoms with Crippen molar-refractivity contribution in [3.8, 4) is 11.5 Å². The van der Waals surface area contributed by atoms with Crippen LogP contribution in [0, 0.1) is 0 Å². The van der Waals surface area contributed by atoms with Crippen molar-refractivity contribution in [1.82, 2.24) is 10.3 Å². The molecular formula is C14H16N2O3S. The van der Waals surface area contributed by atoms with Crippen LogP contribution in [-0.4, -0.2) is 31.7 Å². The van der Waals surface area contributed by atoms with Gasteiger partial charge in [0.25, 0.3) is 5.91 Å². The first-order chi connectivity index (χ1) is 9.74. The molecule has 0 saturated heterocycles. The molecule has 0 saturated carbocycles. The smallest absolute Gasteiger partial charge is 0.280 e. The fourth-order valence-corrected chi connectivity index (χ4v) is 2.32. The molecule has 5 nitrogen and oxygen atoms in total. The van der Waals surface area contributed by atoms with Crippen LogP contribution in [-0.2, 0) is 6.42 Å². The summed E-state index contributed by atoms with van der Waals surface area (Å²) in [7, 11) is 3.21. The predicted octanol–water partition coefficient (Wildman–Crippen LogP) is 2.13. The minimum Gasteiger partial charge on any atom is -0.493 e. The summed E-state index contributed by atoms with van der Waals surface area (Å²) in [5, 5.41) is 5.10. The molecule has 1 N–H and O–H groups in total. The Morgan fingerprint density at radius 2 is 2.10 bits per heavy atom. The first-order valence-electron chi connectivity index (χ1n) is 6.13. The number of carbonyl (C=O) groups is 1. The number of thiazole rings is 1. The van der Waals surface area contributed by atoms with Crippen LogP contribution in [0.5, 0.6) is 11.5 Å². The van der Waals surface area contributed by atoms with Crippen molar-refractivity contribution < 1.29 is 14.3 Å². The Kier molecular flexibility index (Phi) is 4.95. The van der Waals surface area contributed by atoms with Crippen LogP contribution in [0.15, 0.2) is 29.8 Å². The summed E-state index contributed by atoms with van der Waals surface area (Å²) in [6, 6.07) is 5.72. The number of benzene rings is 1. The van der Waals surface area contributed by atoms with E-state index in [2.05, 4.69) is 10.3 Å². The highest BCUT2D eigenvalue weighted by atomic mass is 32.1. The standard InChI is InChI=1S/C14H16N2O3S/c1-18-11-4-3-10(9-12(11)19-2)5-6-15-13(17)14-16-7-8-20-14/h3-4,7-9H,5-6H2,1-2H3,(H,15,17). The molecule has 20 heavy (non-hydrogen) atoms. The topological polar surface area (TPSA) is 60.5 Å². The third-order valence-corrected chi connectivity index (χ3v) is 3.55. The van der Waals surface area contributed by atoms with Gasteiger partial charge in [0, 0.05) is 18.1 Å². The van der Waals surface area contributed by atoms with Crippen molar-refractivity contribution in [1.29, 1.82) is 0 Å². The highest BCUT2D eigenvalue weighted by molar-refractivity contribution is 7.11. The van der Waals surface area contributed by atoms with E-state index in [9.17, 15) is 4.79 Å². The minimum atomic E-state index is -0.138. The number of nitrogens with one attached hydrogen (secondary N) is 1. The number of aromatic nitrogens is 1. The van der Waals surface area contributed by atoms with E-state index in [1.807, 2.05) is 18.2 Å². The van der Waals surface area contributed by atoms with Gasteiger partial charge in [-0.2, -0.15) is 0 Å². The molecule has 1 aromatic carbocycles. The van der Waals surface area contributed by atoms with E-state index in [1.54, 1.807) is 25.8 Å². The summed E-state index contributed by atoms with van der Waals surface area (Å²) in [5.41, 5.74) is 1.07. The van der Waals surface area contributed by atoms with Gasteiger partial charge in [0.1, 0.15) is 0 Å². The average molecular weight is 292 g/mol. The molecule has 0 aliphatic carbocycles. The van der Waals surface area contributed by atoms with Crippen LogP contribution in [0.1, 0.15) is 15.4 Å². The quantitative estimate of drug-likeness (QED) is 0.886. The van der Waals surface area contributed by atoms with E-state index < -0.39 is 0 Å². The summed E-state index contributed by atoms with van der Waals surface area (Å²) in [5.74, 6) is 1.25. The fourth-order valence-electron chi connectivity index (χ4n) is 1.77. The zero-order valence-electron chi connectivity index (χ0n) is 11.4. The minimum absolute atomic E-state index is 0.138. The van der Waals surface area contributed by atoms with Crippen LogP contribution >= 0.6 is 11.3 Å². The summed E-state index contributed by atoms with van der Waals surface area (Å²) in [6.07, 6.45) is 2.34. The second-order valence-electron chi connectivity index (χ2n) is 4.03. The van der Waals surface area contributed by atoms with Gasteiger partial charge >= 0.3 is 0 Å². The highest BCUT2D eigenvalue weighted by Crippen LogP contribution is 2.27. The lowest BCUT2D eigenvalue weighted by Crippen LogP contribution is -2.25. The molecule has 1 amide bonds. The predicted molar refractivity (Wildman–Crippen MR) is 77.7 cm³/mol. The Hall–Kier alpha value is -2.08. The molecular weight excluding hydrogens is 276 g/mol. The zero-order chi connectivity index (χ0) is 14.4. The van der Waals surface area contributed by atoms with Gasteiger partial charge in [-0.05, 0) is 24.1 Å². The van der Waals surface area contributed by atoms with Crippen molar-refractivity contribution in [2.75, 3.05) is 20.8 Å². The molecule has 0 radical (unpaired) electrons. The molecule has 1 aromatic heterocycles. The number of hydrogen-bond acceptors (Lipinski definition) is 5. The first kappa shape index (κ1) is 14.3. The number of ether oxygens (including phenoxy) is 2. The molecule has 0 unspecified atom stereocenters. The molecule has 0 spiro atoms. The third kappa shape index (κ3) is 3.48. The monoisotopic (exact) mass is 292 g/mol. The molecule has 0 fully saturated rings. The number of carbonyl (C=O) groups excluding carboxylic acids is 1. The number of hydrogen-bond donors (Lipinski definition) is 1. The number of rotatable bonds is 6. The van der Waals surface area contributed by atoms with Gasteiger partial charge in [0.2, 0.25) is 0 Å². The van der Waals surface area contributed by atoms with Crippen molar-refractivity contribution in [3.05, 3.63) is 40.3 Å². The van der Waals surface area contributed by atoms with Crippen LogP contribution in [0.2, 0.25) is 0 Å². The molecule has 0 aliphatic rings. The summed E-state index contributed by atoms with van der Waals surface area (Å²) in [4.78, 5) is 15.7. The number of amides is 1. The van der Waals surface area contributed by atoms with Gasteiger partial charge in [0.05, 0.1) is 14.2 Å². The van der Waals surface area contributed by atoms with Gasteiger partial charge in [-0.15, -0.1) is 11.3 Å². The second-order valence-corrected chi connectivity index (χ2v) is 4.93. The Bertz CT molecular complexity index is 570. The van der Waals surface area contributed by atoms with Crippen LogP contribution in [0.3, 0.4) is 0 Å². The van der Waals surface area contributed by atoms with Gasteiger partial charge < -0.3 is 14.8 Å². The number of methoxy groups -OCH3 is 2. The molecule has 2 aromatic rings. The van der Waals surface area contributed by atoms with Crippen molar-refractivity contribution in [2.45, 2.75) is 6.42 Å². The van der Waals surface area contributed by atoms with Crippen LogP contribution < -0.4 is 14.8 Å². The summed E-state index contributed by atoms with van der Waals surface area (Å²) >= 11 is 1.33. The number of nitrogens with zero attached hydrogens (tertiary/aromatic N) is 1. The van der Waals surface area contributed by atoms with Gasteiger partial charge in [-0.25, -0.2) is 4.98 Å². The Morgan fingerprint density at radius 3 is 2.75 bits per heavy atom. The lowest BCUT2D eigenvalue weighted by molar-refractivity contribution is 0.0954.